The third kappa shape index (κ3) is 3.69. The van der Waals surface area contributed by atoms with E-state index in [0.29, 0.717) is 5.02 Å². The van der Waals surface area contributed by atoms with E-state index >= 15 is 0 Å². The minimum Gasteiger partial charge on any atom is -0.367 e. The molecule has 3 aromatic carbocycles. The summed E-state index contributed by atoms with van der Waals surface area (Å²) in [5.74, 6) is 0.752. The van der Waals surface area contributed by atoms with E-state index in [2.05, 4.69) is 28.0 Å². The highest BCUT2D eigenvalue weighted by Gasteiger charge is 2.22. The molecule has 1 aromatic heterocycles. The van der Waals surface area contributed by atoms with Crippen molar-refractivity contribution in [1.82, 2.24) is 9.97 Å². The highest BCUT2D eigenvalue weighted by Crippen LogP contribution is 2.31. The average molecular weight is 435 g/mol. The molecule has 0 bridgehead atoms. The zero-order valence-electron chi connectivity index (χ0n) is 16.3. The minimum absolute atomic E-state index is 0.685. The van der Waals surface area contributed by atoms with Gasteiger partial charge < -0.3 is 9.80 Å². The van der Waals surface area contributed by atoms with Crippen LogP contribution in [0.15, 0.2) is 72.8 Å². The largest absolute Gasteiger partial charge is 0.367 e. The molecule has 0 amide bonds. The second-order valence-corrected chi connectivity index (χ2v) is 8.17. The van der Waals surface area contributed by atoms with Crippen molar-refractivity contribution in [1.29, 1.82) is 0 Å². The number of aromatic nitrogens is 2. The number of anilines is 2. The monoisotopic (exact) mass is 434 g/mol. The van der Waals surface area contributed by atoms with Crippen LogP contribution in [0.4, 0.5) is 11.6 Å². The molecular formula is C24H20Cl2N4. The van der Waals surface area contributed by atoms with Crippen LogP contribution in [0.3, 0.4) is 0 Å². The third-order valence-corrected chi connectivity index (χ3v) is 6.00. The molecule has 1 aliphatic heterocycles. The lowest BCUT2D eigenvalue weighted by atomic mass is 10.1. The van der Waals surface area contributed by atoms with Crippen LogP contribution in [0.25, 0.3) is 22.2 Å². The van der Waals surface area contributed by atoms with Crippen LogP contribution in [0.5, 0.6) is 0 Å². The Hall–Kier alpha value is -2.82. The highest BCUT2D eigenvalue weighted by atomic mass is 35.5. The van der Waals surface area contributed by atoms with Crippen LogP contribution in [0, 0.1) is 0 Å². The van der Waals surface area contributed by atoms with Crippen molar-refractivity contribution in [2.45, 2.75) is 0 Å². The number of benzene rings is 3. The predicted octanol–water partition coefficient (Wildman–Crippen LogP) is 5.93. The molecule has 0 aliphatic carbocycles. The Morgan fingerprint density at radius 1 is 0.700 bits per heavy atom. The van der Waals surface area contributed by atoms with Crippen molar-refractivity contribution < 1.29 is 0 Å². The molecule has 1 fully saturated rings. The van der Waals surface area contributed by atoms with Crippen molar-refractivity contribution in [3.05, 3.63) is 82.8 Å². The molecule has 0 N–H and O–H groups in total. The number of nitrogens with zero attached hydrogens (tertiary/aromatic N) is 4. The summed E-state index contributed by atoms with van der Waals surface area (Å²) in [6.07, 6.45) is 0. The Morgan fingerprint density at radius 2 is 1.40 bits per heavy atom. The van der Waals surface area contributed by atoms with Crippen LogP contribution in [-0.2, 0) is 0 Å². The number of piperazine rings is 1. The van der Waals surface area contributed by atoms with Gasteiger partial charge in [-0.1, -0.05) is 65.7 Å². The van der Waals surface area contributed by atoms with Gasteiger partial charge >= 0.3 is 0 Å². The fourth-order valence-electron chi connectivity index (χ4n) is 3.90. The zero-order valence-corrected chi connectivity index (χ0v) is 17.8. The number of halogens is 2. The second-order valence-electron chi connectivity index (χ2n) is 7.33. The third-order valence-electron chi connectivity index (χ3n) is 5.45. The molecule has 1 aliphatic rings. The SMILES string of the molecule is Clc1ccc2nc(N3CCN(c4ccccc4Cl)CC3)nc(-c3ccccc3)c2c1. The van der Waals surface area contributed by atoms with Crippen molar-refractivity contribution in [3.8, 4) is 11.3 Å². The summed E-state index contributed by atoms with van der Waals surface area (Å²) >= 11 is 12.7. The van der Waals surface area contributed by atoms with E-state index in [1.807, 2.05) is 54.6 Å². The zero-order chi connectivity index (χ0) is 20.5. The lowest BCUT2D eigenvalue weighted by Crippen LogP contribution is -2.47. The molecule has 0 saturated carbocycles. The van der Waals surface area contributed by atoms with Crippen LogP contribution < -0.4 is 9.80 Å². The molecule has 5 rings (SSSR count). The molecule has 30 heavy (non-hydrogen) atoms. The van der Waals surface area contributed by atoms with Crippen molar-refractivity contribution in [2.75, 3.05) is 36.0 Å². The summed E-state index contributed by atoms with van der Waals surface area (Å²) in [6.45, 7) is 3.40. The molecule has 4 nitrogen and oxygen atoms in total. The van der Waals surface area contributed by atoms with E-state index in [9.17, 15) is 0 Å². The van der Waals surface area contributed by atoms with Gasteiger partial charge in [-0.25, -0.2) is 9.97 Å². The van der Waals surface area contributed by atoms with E-state index in [1.54, 1.807) is 0 Å². The number of hydrogen-bond donors (Lipinski definition) is 0. The Labute approximate surface area is 185 Å². The number of fused-ring (bicyclic) bond motifs is 1. The lowest BCUT2D eigenvalue weighted by molar-refractivity contribution is 0.641. The number of rotatable bonds is 3. The first kappa shape index (κ1) is 19.2. The molecule has 2 heterocycles. The van der Waals surface area contributed by atoms with Gasteiger partial charge in [0.2, 0.25) is 5.95 Å². The van der Waals surface area contributed by atoms with Gasteiger partial charge in [0.15, 0.2) is 0 Å². The highest BCUT2D eigenvalue weighted by molar-refractivity contribution is 6.33. The summed E-state index contributed by atoms with van der Waals surface area (Å²) in [5, 5.41) is 2.44. The Balaban J connectivity index is 1.48. The summed E-state index contributed by atoms with van der Waals surface area (Å²) in [7, 11) is 0. The summed E-state index contributed by atoms with van der Waals surface area (Å²) in [5.41, 5.74) is 3.95. The first-order valence-corrected chi connectivity index (χ1v) is 10.7. The molecule has 0 spiro atoms. The fraction of sp³-hybridized carbons (Fsp3) is 0.167. The minimum atomic E-state index is 0.685. The van der Waals surface area contributed by atoms with Gasteiger partial charge in [0.05, 0.1) is 21.9 Å². The topological polar surface area (TPSA) is 32.3 Å². The molecule has 6 heteroatoms. The number of hydrogen-bond acceptors (Lipinski definition) is 4. The van der Waals surface area contributed by atoms with Crippen molar-refractivity contribution >= 4 is 45.7 Å². The molecule has 0 unspecified atom stereocenters. The summed E-state index contributed by atoms with van der Waals surface area (Å²) < 4.78 is 0. The van der Waals surface area contributed by atoms with Gasteiger partial charge in [-0.15, -0.1) is 0 Å². The van der Waals surface area contributed by atoms with E-state index in [1.165, 1.54) is 0 Å². The van der Waals surface area contributed by atoms with Crippen LogP contribution in [0.1, 0.15) is 0 Å². The van der Waals surface area contributed by atoms with Crippen LogP contribution in [-0.4, -0.2) is 36.1 Å². The Morgan fingerprint density at radius 3 is 2.17 bits per heavy atom. The normalized spacial score (nSPS) is 14.3. The average Bonchev–Trinajstić information content (AvgIpc) is 2.79. The standard InChI is InChI=1S/C24H20Cl2N4/c25-18-10-11-21-19(16-18)23(17-6-2-1-3-7-17)28-24(27-21)30-14-12-29(13-15-30)22-9-5-4-8-20(22)26/h1-11,16H,12-15H2. The Bertz CT molecular complexity index is 1190. The first-order valence-electron chi connectivity index (χ1n) is 9.96. The van der Waals surface area contributed by atoms with Gasteiger partial charge in [0.25, 0.3) is 0 Å². The van der Waals surface area contributed by atoms with E-state index < -0.39 is 0 Å². The van der Waals surface area contributed by atoms with Gasteiger partial charge in [0.1, 0.15) is 0 Å². The van der Waals surface area contributed by atoms with Gasteiger partial charge in [-0.05, 0) is 30.3 Å². The molecule has 150 valence electrons. The van der Waals surface area contributed by atoms with E-state index in [-0.39, 0.29) is 0 Å². The molecular weight excluding hydrogens is 415 g/mol. The molecule has 4 aromatic rings. The van der Waals surface area contributed by atoms with Crippen LogP contribution >= 0.6 is 23.2 Å². The van der Waals surface area contributed by atoms with Crippen molar-refractivity contribution in [2.24, 2.45) is 0 Å². The van der Waals surface area contributed by atoms with Gasteiger partial charge in [0, 0.05) is 42.2 Å². The Kier molecular flexibility index (Phi) is 5.19. The van der Waals surface area contributed by atoms with E-state index in [4.69, 9.17) is 33.2 Å². The maximum Gasteiger partial charge on any atom is 0.226 e. The number of para-hydroxylation sites is 1. The van der Waals surface area contributed by atoms with Gasteiger partial charge in [-0.3, -0.25) is 0 Å². The lowest BCUT2D eigenvalue weighted by Gasteiger charge is -2.36. The van der Waals surface area contributed by atoms with E-state index in [0.717, 1.165) is 65.0 Å². The molecule has 0 atom stereocenters. The predicted molar refractivity (Wildman–Crippen MR) is 126 cm³/mol. The quantitative estimate of drug-likeness (QED) is 0.399. The van der Waals surface area contributed by atoms with Crippen LogP contribution in [0.2, 0.25) is 10.0 Å². The molecule has 1 saturated heterocycles. The van der Waals surface area contributed by atoms with Gasteiger partial charge in [-0.2, -0.15) is 0 Å². The maximum atomic E-state index is 6.39. The summed E-state index contributed by atoms with van der Waals surface area (Å²) in [6, 6.07) is 24.0. The summed E-state index contributed by atoms with van der Waals surface area (Å²) in [4.78, 5) is 14.4. The maximum absolute atomic E-state index is 6.39. The fourth-order valence-corrected chi connectivity index (χ4v) is 4.33. The van der Waals surface area contributed by atoms with Crippen molar-refractivity contribution in [3.63, 3.8) is 0 Å². The smallest absolute Gasteiger partial charge is 0.226 e. The first-order chi connectivity index (χ1) is 14.7. The molecule has 0 radical (unpaired) electrons. The second kappa shape index (κ2) is 8.13.